The number of aromatic nitrogens is 2. The van der Waals surface area contributed by atoms with Crippen molar-refractivity contribution < 1.29 is 26.4 Å². The van der Waals surface area contributed by atoms with Crippen LogP contribution < -0.4 is 5.32 Å². The molecular formula is C10H12F3N3O3S. The molecule has 0 bridgehead atoms. The van der Waals surface area contributed by atoms with Crippen LogP contribution in [0.2, 0.25) is 0 Å². The van der Waals surface area contributed by atoms with Crippen LogP contribution in [0.1, 0.15) is 12.1 Å². The number of hydrogen-bond donors (Lipinski definition) is 1. The van der Waals surface area contributed by atoms with Crippen LogP contribution in [0.15, 0.2) is 12.3 Å². The van der Waals surface area contributed by atoms with Crippen molar-refractivity contribution in [3.05, 3.63) is 18.0 Å². The molecule has 20 heavy (non-hydrogen) atoms. The van der Waals surface area contributed by atoms with Crippen LogP contribution in [0.25, 0.3) is 0 Å². The maximum Gasteiger partial charge on any atom is 0.435 e. The molecule has 1 amide bonds. The average Bonchev–Trinajstić information content (AvgIpc) is 2.84. The fourth-order valence-electron chi connectivity index (χ4n) is 1.93. The summed E-state index contributed by atoms with van der Waals surface area (Å²) < 4.78 is 60.2. The monoisotopic (exact) mass is 311 g/mol. The smallest absolute Gasteiger partial charge is 0.351 e. The van der Waals surface area contributed by atoms with Crippen LogP contribution in [0, 0.1) is 0 Å². The number of amides is 1. The van der Waals surface area contributed by atoms with Crippen molar-refractivity contribution in [3.8, 4) is 0 Å². The first kappa shape index (κ1) is 14.8. The van der Waals surface area contributed by atoms with Gasteiger partial charge in [0.1, 0.15) is 6.54 Å². The Labute approximate surface area is 112 Å². The summed E-state index contributed by atoms with van der Waals surface area (Å²) in [7, 11) is -3.12. The number of nitrogens with zero attached hydrogens (tertiary/aromatic N) is 2. The largest absolute Gasteiger partial charge is 0.435 e. The molecule has 1 aliphatic heterocycles. The lowest BCUT2D eigenvalue weighted by Crippen LogP contribution is -2.37. The van der Waals surface area contributed by atoms with Crippen LogP contribution in [0.3, 0.4) is 0 Å². The molecule has 0 saturated carbocycles. The topological polar surface area (TPSA) is 81.1 Å². The molecule has 1 unspecified atom stereocenters. The van der Waals surface area contributed by atoms with E-state index < -0.39 is 33.7 Å². The Morgan fingerprint density at radius 3 is 2.70 bits per heavy atom. The van der Waals surface area contributed by atoms with E-state index in [1.165, 1.54) is 0 Å². The van der Waals surface area contributed by atoms with Crippen molar-refractivity contribution in [1.29, 1.82) is 0 Å². The molecule has 1 saturated heterocycles. The van der Waals surface area contributed by atoms with Gasteiger partial charge in [-0.25, -0.2) is 8.42 Å². The first-order valence-corrected chi connectivity index (χ1v) is 7.58. The van der Waals surface area contributed by atoms with Crippen LogP contribution >= 0.6 is 0 Å². The van der Waals surface area contributed by atoms with E-state index in [0.717, 1.165) is 16.9 Å². The van der Waals surface area contributed by atoms with Crippen molar-refractivity contribution >= 4 is 15.7 Å². The standard InChI is InChI=1S/C10H12F3N3O3S/c11-10(12,13)8-1-3-16(15-8)5-9(17)14-7-2-4-20(18,19)6-7/h1,3,7H,2,4-6H2,(H,14,17). The predicted molar refractivity (Wildman–Crippen MR) is 62.4 cm³/mol. The second kappa shape index (κ2) is 5.08. The zero-order valence-electron chi connectivity index (χ0n) is 10.2. The fourth-order valence-corrected chi connectivity index (χ4v) is 3.60. The van der Waals surface area contributed by atoms with Gasteiger partial charge in [-0.1, -0.05) is 0 Å². The van der Waals surface area contributed by atoms with E-state index in [1.54, 1.807) is 0 Å². The molecule has 6 nitrogen and oxygen atoms in total. The molecule has 2 rings (SSSR count). The minimum atomic E-state index is -4.55. The minimum absolute atomic E-state index is 0.0118. The molecule has 10 heteroatoms. The van der Waals surface area contributed by atoms with Crippen molar-refractivity contribution in [1.82, 2.24) is 15.1 Å². The van der Waals surface area contributed by atoms with E-state index in [9.17, 15) is 26.4 Å². The number of alkyl halides is 3. The molecule has 1 N–H and O–H groups in total. The number of rotatable bonds is 3. The lowest BCUT2D eigenvalue weighted by molar-refractivity contribution is -0.141. The first-order chi connectivity index (χ1) is 9.16. The number of carbonyl (C=O) groups is 1. The summed E-state index contributed by atoms with van der Waals surface area (Å²) in [6, 6.07) is 0.290. The normalized spacial score (nSPS) is 21.9. The van der Waals surface area contributed by atoms with Gasteiger partial charge < -0.3 is 5.32 Å². The van der Waals surface area contributed by atoms with Crippen LogP contribution in [-0.4, -0.2) is 41.7 Å². The Morgan fingerprint density at radius 2 is 2.20 bits per heavy atom. The molecular weight excluding hydrogens is 299 g/mol. The summed E-state index contributed by atoms with van der Waals surface area (Å²) in [4.78, 5) is 11.6. The van der Waals surface area contributed by atoms with Crippen LogP contribution in [0.4, 0.5) is 13.2 Å². The molecule has 2 heterocycles. The van der Waals surface area contributed by atoms with Gasteiger partial charge in [-0.2, -0.15) is 18.3 Å². The van der Waals surface area contributed by atoms with Crippen LogP contribution in [-0.2, 0) is 27.4 Å². The number of sulfone groups is 1. The van der Waals surface area contributed by atoms with Crippen molar-refractivity contribution in [3.63, 3.8) is 0 Å². The fraction of sp³-hybridized carbons (Fsp3) is 0.600. The van der Waals surface area contributed by atoms with E-state index in [-0.39, 0.29) is 18.1 Å². The average molecular weight is 311 g/mol. The maximum absolute atomic E-state index is 12.3. The third kappa shape index (κ3) is 3.71. The van der Waals surface area contributed by atoms with Gasteiger partial charge >= 0.3 is 6.18 Å². The summed E-state index contributed by atoms with van der Waals surface area (Å²) in [6.07, 6.45) is -3.18. The van der Waals surface area contributed by atoms with Gasteiger partial charge in [-0.15, -0.1) is 0 Å². The Kier molecular flexibility index (Phi) is 3.76. The quantitative estimate of drug-likeness (QED) is 0.865. The van der Waals surface area contributed by atoms with E-state index >= 15 is 0 Å². The van der Waals surface area contributed by atoms with Crippen molar-refractivity contribution in [2.45, 2.75) is 25.2 Å². The minimum Gasteiger partial charge on any atom is -0.351 e. The van der Waals surface area contributed by atoms with Gasteiger partial charge in [-0.3, -0.25) is 9.48 Å². The lowest BCUT2D eigenvalue weighted by Gasteiger charge is -2.10. The second-order valence-corrected chi connectivity index (χ2v) is 6.79. The highest BCUT2D eigenvalue weighted by atomic mass is 32.2. The summed E-state index contributed by atoms with van der Waals surface area (Å²) in [6.45, 7) is -0.382. The summed E-state index contributed by atoms with van der Waals surface area (Å²) >= 11 is 0. The number of hydrogen-bond acceptors (Lipinski definition) is 4. The van der Waals surface area contributed by atoms with Gasteiger partial charge in [0.05, 0.1) is 11.5 Å². The summed E-state index contributed by atoms with van der Waals surface area (Å²) in [5.41, 5.74) is -1.08. The SMILES string of the molecule is O=C(Cn1ccc(C(F)(F)F)n1)NC1CCS(=O)(=O)C1. The lowest BCUT2D eigenvalue weighted by atomic mass is 10.2. The molecule has 1 aliphatic rings. The van der Waals surface area contributed by atoms with E-state index in [2.05, 4.69) is 10.4 Å². The molecule has 0 aromatic carbocycles. The van der Waals surface area contributed by atoms with Crippen molar-refractivity contribution in [2.24, 2.45) is 0 Å². The Balaban J connectivity index is 1.91. The molecule has 0 aliphatic carbocycles. The van der Waals surface area contributed by atoms with Gasteiger partial charge in [0.15, 0.2) is 15.5 Å². The molecule has 1 aromatic rings. The van der Waals surface area contributed by atoms with E-state index in [1.807, 2.05) is 0 Å². The first-order valence-electron chi connectivity index (χ1n) is 5.76. The Hall–Kier alpha value is -1.58. The molecule has 0 radical (unpaired) electrons. The number of carbonyl (C=O) groups excluding carboxylic acids is 1. The summed E-state index contributed by atoms with van der Waals surface area (Å²) in [5.74, 6) is -0.687. The zero-order valence-corrected chi connectivity index (χ0v) is 11.0. The van der Waals surface area contributed by atoms with Crippen LogP contribution in [0.5, 0.6) is 0 Å². The maximum atomic E-state index is 12.3. The Morgan fingerprint density at radius 1 is 1.50 bits per heavy atom. The molecule has 1 aromatic heterocycles. The highest BCUT2D eigenvalue weighted by molar-refractivity contribution is 7.91. The Bertz CT molecular complexity index is 609. The third-order valence-electron chi connectivity index (χ3n) is 2.83. The van der Waals surface area contributed by atoms with Gasteiger partial charge in [0.25, 0.3) is 0 Å². The second-order valence-electron chi connectivity index (χ2n) is 4.56. The number of halogens is 3. The van der Waals surface area contributed by atoms with Crippen molar-refractivity contribution in [2.75, 3.05) is 11.5 Å². The highest BCUT2D eigenvalue weighted by Crippen LogP contribution is 2.27. The predicted octanol–water partition coefficient (Wildman–Crippen LogP) is 0.205. The zero-order chi connectivity index (χ0) is 15.0. The van der Waals surface area contributed by atoms with Gasteiger partial charge in [-0.05, 0) is 12.5 Å². The summed E-state index contributed by atoms with van der Waals surface area (Å²) in [5, 5.41) is 5.71. The highest BCUT2D eigenvalue weighted by Gasteiger charge is 2.34. The van der Waals surface area contributed by atoms with Gasteiger partial charge in [0, 0.05) is 12.2 Å². The third-order valence-corrected chi connectivity index (χ3v) is 4.60. The number of nitrogens with one attached hydrogen (secondary N) is 1. The van der Waals surface area contributed by atoms with E-state index in [0.29, 0.717) is 6.42 Å². The molecule has 1 fully saturated rings. The molecule has 1 atom stereocenters. The van der Waals surface area contributed by atoms with Gasteiger partial charge in [0.2, 0.25) is 5.91 Å². The molecule has 0 spiro atoms. The molecule has 112 valence electrons. The van der Waals surface area contributed by atoms with E-state index in [4.69, 9.17) is 0 Å².